The van der Waals surface area contributed by atoms with E-state index in [4.69, 9.17) is 9.78 Å². The van der Waals surface area contributed by atoms with Crippen LogP contribution in [0, 0.1) is 27.4 Å². The van der Waals surface area contributed by atoms with E-state index in [0.29, 0.717) is 17.9 Å². The zero-order chi connectivity index (χ0) is 13.8. The van der Waals surface area contributed by atoms with Gasteiger partial charge >= 0.3 is 0 Å². The number of aromatic nitrogens is 2. The van der Waals surface area contributed by atoms with Crippen molar-refractivity contribution in [2.75, 3.05) is 0 Å². The Morgan fingerprint density at radius 1 is 1.58 bits per heavy atom. The standard InChI is InChI=1S/C12H10N4O3/c1-8(7-13)5-11-14-12(15-19-11)9-3-2-4-10(6-9)16(17)18/h2-4,6,8H,5H2,1H3. The summed E-state index contributed by atoms with van der Waals surface area (Å²) >= 11 is 0. The molecule has 1 atom stereocenters. The maximum Gasteiger partial charge on any atom is 0.270 e. The van der Waals surface area contributed by atoms with Crippen LogP contribution < -0.4 is 0 Å². The molecule has 1 aromatic heterocycles. The lowest BCUT2D eigenvalue weighted by atomic mass is 10.1. The maximum atomic E-state index is 10.7. The summed E-state index contributed by atoms with van der Waals surface area (Å²) in [6.45, 7) is 1.75. The molecule has 7 heteroatoms. The largest absolute Gasteiger partial charge is 0.339 e. The molecule has 19 heavy (non-hydrogen) atoms. The molecule has 1 heterocycles. The van der Waals surface area contributed by atoms with E-state index < -0.39 is 4.92 Å². The molecule has 2 rings (SSSR count). The molecule has 96 valence electrons. The SMILES string of the molecule is CC(C#N)Cc1nc(-c2cccc([N+](=O)[O-])c2)no1. The number of hydrogen-bond donors (Lipinski definition) is 0. The van der Waals surface area contributed by atoms with Crippen LogP contribution in [0.2, 0.25) is 0 Å². The molecule has 0 N–H and O–H groups in total. The first-order valence-corrected chi connectivity index (χ1v) is 5.57. The molecule has 7 nitrogen and oxygen atoms in total. The third-order valence-corrected chi connectivity index (χ3v) is 2.48. The molecule has 2 aromatic rings. The molecule has 0 saturated heterocycles. The molecule has 0 aliphatic carbocycles. The zero-order valence-electron chi connectivity index (χ0n) is 10.1. The van der Waals surface area contributed by atoms with Crippen LogP contribution in [0.4, 0.5) is 5.69 Å². The predicted molar refractivity (Wildman–Crippen MR) is 64.9 cm³/mol. The Labute approximate surface area is 108 Å². The van der Waals surface area contributed by atoms with E-state index in [1.54, 1.807) is 19.1 Å². The first-order valence-electron chi connectivity index (χ1n) is 5.57. The van der Waals surface area contributed by atoms with E-state index in [0.717, 1.165) is 0 Å². The van der Waals surface area contributed by atoms with Gasteiger partial charge in [0, 0.05) is 24.1 Å². The number of nitro groups is 1. The lowest BCUT2D eigenvalue weighted by molar-refractivity contribution is -0.384. The number of nitriles is 1. The lowest BCUT2D eigenvalue weighted by Crippen LogP contribution is -1.96. The zero-order valence-corrected chi connectivity index (χ0v) is 10.1. The minimum Gasteiger partial charge on any atom is -0.339 e. The van der Waals surface area contributed by atoms with E-state index in [-0.39, 0.29) is 17.4 Å². The van der Waals surface area contributed by atoms with Gasteiger partial charge in [-0.25, -0.2) is 0 Å². The Hall–Kier alpha value is -2.75. The summed E-state index contributed by atoms with van der Waals surface area (Å²) in [4.78, 5) is 14.3. The van der Waals surface area contributed by atoms with Crippen LogP contribution in [0.25, 0.3) is 11.4 Å². The van der Waals surface area contributed by atoms with E-state index in [9.17, 15) is 10.1 Å². The van der Waals surface area contributed by atoms with Gasteiger partial charge in [0.25, 0.3) is 5.69 Å². The molecule has 0 spiro atoms. The monoisotopic (exact) mass is 258 g/mol. The van der Waals surface area contributed by atoms with Crippen molar-refractivity contribution in [2.45, 2.75) is 13.3 Å². The first kappa shape index (κ1) is 12.7. The number of non-ortho nitro benzene ring substituents is 1. The van der Waals surface area contributed by atoms with E-state index in [1.165, 1.54) is 12.1 Å². The molecule has 0 saturated carbocycles. The topological polar surface area (TPSA) is 106 Å². The Kier molecular flexibility index (Phi) is 3.52. The number of benzene rings is 1. The summed E-state index contributed by atoms with van der Waals surface area (Å²) in [6.07, 6.45) is 0.360. The number of hydrogen-bond acceptors (Lipinski definition) is 6. The van der Waals surface area contributed by atoms with Crippen molar-refractivity contribution in [2.24, 2.45) is 5.92 Å². The summed E-state index contributed by atoms with van der Waals surface area (Å²) in [5.41, 5.74) is 0.475. The second-order valence-electron chi connectivity index (χ2n) is 4.05. The van der Waals surface area contributed by atoms with Gasteiger partial charge in [-0.15, -0.1) is 0 Å². The van der Waals surface area contributed by atoms with Crippen LogP contribution in [-0.2, 0) is 6.42 Å². The highest BCUT2D eigenvalue weighted by Crippen LogP contribution is 2.21. The second kappa shape index (κ2) is 5.27. The normalized spacial score (nSPS) is 11.8. The minimum absolute atomic E-state index is 0.0331. The maximum absolute atomic E-state index is 10.7. The van der Waals surface area contributed by atoms with Gasteiger partial charge in [0.2, 0.25) is 11.7 Å². The predicted octanol–water partition coefficient (Wildman–Crippen LogP) is 2.35. The van der Waals surface area contributed by atoms with Gasteiger partial charge in [0.1, 0.15) is 0 Å². The molecule has 0 bridgehead atoms. The highest BCUT2D eigenvalue weighted by Gasteiger charge is 2.14. The third kappa shape index (κ3) is 2.93. The summed E-state index contributed by atoms with van der Waals surface area (Å²) < 4.78 is 5.01. The summed E-state index contributed by atoms with van der Waals surface area (Å²) in [5, 5.41) is 23.1. The van der Waals surface area contributed by atoms with Crippen molar-refractivity contribution in [1.29, 1.82) is 5.26 Å². The van der Waals surface area contributed by atoms with Crippen LogP contribution >= 0.6 is 0 Å². The Morgan fingerprint density at radius 2 is 2.37 bits per heavy atom. The van der Waals surface area contributed by atoms with Gasteiger partial charge < -0.3 is 4.52 Å². The molecule has 0 fully saturated rings. The Morgan fingerprint density at radius 3 is 3.05 bits per heavy atom. The van der Waals surface area contributed by atoms with Gasteiger partial charge in [0.15, 0.2) is 0 Å². The van der Waals surface area contributed by atoms with Crippen LogP contribution in [0.15, 0.2) is 28.8 Å². The fourth-order valence-corrected chi connectivity index (χ4v) is 1.52. The summed E-state index contributed by atoms with van der Waals surface area (Å²) in [7, 11) is 0. The van der Waals surface area contributed by atoms with Gasteiger partial charge in [-0.2, -0.15) is 10.2 Å². The van der Waals surface area contributed by atoms with Crippen molar-refractivity contribution in [3.05, 3.63) is 40.3 Å². The van der Waals surface area contributed by atoms with Gasteiger partial charge in [0.05, 0.1) is 16.9 Å². The van der Waals surface area contributed by atoms with Crippen molar-refractivity contribution in [3.8, 4) is 17.5 Å². The molecule has 1 aromatic carbocycles. The quantitative estimate of drug-likeness (QED) is 0.615. The van der Waals surface area contributed by atoms with E-state index in [2.05, 4.69) is 16.2 Å². The second-order valence-corrected chi connectivity index (χ2v) is 4.05. The average molecular weight is 258 g/mol. The molecule has 0 radical (unpaired) electrons. The number of rotatable bonds is 4. The van der Waals surface area contributed by atoms with Crippen molar-refractivity contribution >= 4 is 5.69 Å². The van der Waals surface area contributed by atoms with Crippen LogP contribution in [0.3, 0.4) is 0 Å². The highest BCUT2D eigenvalue weighted by molar-refractivity contribution is 5.58. The fraction of sp³-hybridized carbons (Fsp3) is 0.250. The molecule has 0 amide bonds. The third-order valence-electron chi connectivity index (χ3n) is 2.48. The highest BCUT2D eigenvalue weighted by atomic mass is 16.6. The number of nitrogens with zero attached hydrogens (tertiary/aromatic N) is 4. The molecule has 0 aliphatic heterocycles. The van der Waals surface area contributed by atoms with Crippen LogP contribution in [-0.4, -0.2) is 15.1 Å². The minimum atomic E-state index is -0.484. The molecular weight excluding hydrogens is 248 g/mol. The van der Waals surface area contributed by atoms with Crippen molar-refractivity contribution in [1.82, 2.24) is 10.1 Å². The molecule has 1 unspecified atom stereocenters. The lowest BCUT2D eigenvalue weighted by Gasteiger charge is -1.95. The van der Waals surface area contributed by atoms with Gasteiger partial charge in [-0.1, -0.05) is 17.3 Å². The smallest absolute Gasteiger partial charge is 0.270 e. The van der Waals surface area contributed by atoms with Gasteiger partial charge in [-0.3, -0.25) is 10.1 Å². The Bertz CT molecular complexity index is 644. The van der Waals surface area contributed by atoms with Crippen molar-refractivity contribution in [3.63, 3.8) is 0 Å². The molecule has 0 aliphatic rings. The van der Waals surface area contributed by atoms with Crippen LogP contribution in [0.1, 0.15) is 12.8 Å². The Balaban J connectivity index is 2.25. The average Bonchev–Trinajstić information content (AvgIpc) is 2.87. The van der Waals surface area contributed by atoms with E-state index in [1.807, 2.05) is 0 Å². The van der Waals surface area contributed by atoms with Crippen molar-refractivity contribution < 1.29 is 9.45 Å². The fourth-order valence-electron chi connectivity index (χ4n) is 1.52. The summed E-state index contributed by atoms with van der Waals surface area (Å²) in [5.74, 6) is 0.401. The molecular formula is C12H10N4O3. The van der Waals surface area contributed by atoms with Gasteiger partial charge in [-0.05, 0) is 6.92 Å². The van der Waals surface area contributed by atoms with Crippen LogP contribution in [0.5, 0.6) is 0 Å². The summed E-state index contributed by atoms with van der Waals surface area (Å²) in [6, 6.07) is 8.06. The van der Waals surface area contributed by atoms with E-state index >= 15 is 0 Å². The first-order chi connectivity index (χ1) is 9.10. The number of nitro benzene ring substituents is 1.